The van der Waals surface area contributed by atoms with Crippen molar-refractivity contribution in [1.29, 1.82) is 0 Å². The number of carbonyl (C=O) groups is 1. The fraction of sp³-hybridized carbons (Fsp3) is 0. The van der Waals surface area contributed by atoms with Crippen molar-refractivity contribution in [2.75, 3.05) is 0 Å². The molecule has 0 spiro atoms. The van der Waals surface area contributed by atoms with Crippen molar-refractivity contribution in [2.24, 2.45) is 0 Å². The highest BCUT2D eigenvalue weighted by molar-refractivity contribution is 6.15. The molecule has 0 aromatic heterocycles. The van der Waals surface area contributed by atoms with Gasteiger partial charge >= 0.3 is 5.97 Å². The van der Waals surface area contributed by atoms with Crippen LogP contribution < -0.4 is 0 Å². The van der Waals surface area contributed by atoms with E-state index in [-0.39, 0.29) is 5.57 Å². The number of rotatable bonds is 4. The molecule has 0 atom stereocenters. The zero-order valence-corrected chi connectivity index (χ0v) is 7.51. The van der Waals surface area contributed by atoms with Crippen LogP contribution in [0.4, 0.5) is 0 Å². The second-order valence-corrected chi connectivity index (χ2v) is 2.51. The topological polar surface area (TPSA) is 46.5 Å². The third kappa shape index (κ3) is 2.48. The van der Waals surface area contributed by atoms with Gasteiger partial charge in [0.25, 0.3) is 0 Å². The summed E-state index contributed by atoms with van der Waals surface area (Å²) in [7, 11) is 0. The van der Waals surface area contributed by atoms with E-state index in [2.05, 4.69) is 6.58 Å². The quantitative estimate of drug-likeness (QED) is 0.585. The number of carboxylic acid groups (broad SMARTS) is 1. The molecule has 0 radical (unpaired) electrons. The largest absolute Gasteiger partial charge is 0.478 e. The summed E-state index contributed by atoms with van der Waals surface area (Å²) < 4.78 is 4.73. The number of hydrogen-bond acceptors (Lipinski definition) is 2. The second-order valence-electron chi connectivity index (χ2n) is 2.51. The van der Waals surface area contributed by atoms with Gasteiger partial charge in [-0.05, 0) is 5.56 Å². The summed E-state index contributed by atoms with van der Waals surface area (Å²) in [5.41, 5.74) is 0.701. The normalized spacial score (nSPS) is 10.7. The first kappa shape index (κ1) is 10.1. The maximum Gasteiger partial charge on any atom is 0.339 e. The van der Waals surface area contributed by atoms with Gasteiger partial charge in [0.05, 0.1) is 6.26 Å². The van der Waals surface area contributed by atoms with Crippen LogP contribution in [0.5, 0.6) is 0 Å². The molecule has 14 heavy (non-hydrogen) atoms. The summed E-state index contributed by atoms with van der Waals surface area (Å²) in [5, 5.41) is 8.87. The monoisotopic (exact) mass is 190 g/mol. The predicted molar refractivity (Wildman–Crippen MR) is 53.3 cm³/mol. The van der Waals surface area contributed by atoms with Gasteiger partial charge < -0.3 is 9.84 Å². The van der Waals surface area contributed by atoms with E-state index in [1.54, 1.807) is 24.3 Å². The Morgan fingerprint density at radius 2 is 2.00 bits per heavy atom. The first-order valence-corrected chi connectivity index (χ1v) is 4.01. The molecule has 0 heterocycles. The highest BCUT2D eigenvalue weighted by Gasteiger charge is 2.09. The Balaban J connectivity index is 3.01. The van der Waals surface area contributed by atoms with Crippen LogP contribution in [-0.2, 0) is 9.53 Å². The summed E-state index contributed by atoms with van der Waals surface area (Å²) in [6, 6.07) is 8.75. The summed E-state index contributed by atoms with van der Waals surface area (Å²) in [4.78, 5) is 10.8. The van der Waals surface area contributed by atoms with Gasteiger partial charge in [-0.1, -0.05) is 36.9 Å². The first-order valence-electron chi connectivity index (χ1n) is 4.01. The van der Waals surface area contributed by atoms with Crippen molar-refractivity contribution >= 4 is 11.5 Å². The Morgan fingerprint density at radius 3 is 2.50 bits per heavy atom. The van der Waals surface area contributed by atoms with Gasteiger partial charge in [0, 0.05) is 0 Å². The van der Waals surface area contributed by atoms with Crippen LogP contribution in [0.3, 0.4) is 0 Å². The van der Waals surface area contributed by atoms with E-state index in [1.165, 1.54) is 6.26 Å². The molecule has 1 N–H and O–H groups in total. The lowest BCUT2D eigenvalue weighted by atomic mass is 10.1. The van der Waals surface area contributed by atoms with Crippen molar-refractivity contribution in [3.05, 3.63) is 55.0 Å². The average molecular weight is 190 g/mol. The minimum Gasteiger partial charge on any atom is -0.478 e. The van der Waals surface area contributed by atoms with Gasteiger partial charge in [0.1, 0.15) is 11.8 Å². The van der Waals surface area contributed by atoms with E-state index in [4.69, 9.17) is 9.84 Å². The number of ether oxygens (including phenoxy) is 1. The Morgan fingerprint density at radius 1 is 1.36 bits per heavy atom. The molecule has 0 aliphatic heterocycles. The van der Waals surface area contributed by atoms with Crippen LogP contribution >= 0.6 is 0 Å². The molecule has 0 amide bonds. The van der Waals surface area contributed by atoms with Crippen LogP contribution in [0.1, 0.15) is 5.56 Å². The molecule has 0 saturated heterocycles. The third-order valence-electron chi connectivity index (χ3n) is 1.60. The van der Waals surface area contributed by atoms with E-state index in [9.17, 15) is 4.79 Å². The van der Waals surface area contributed by atoms with Crippen LogP contribution in [0.2, 0.25) is 0 Å². The van der Waals surface area contributed by atoms with Gasteiger partial charge in [-0.25, -0.2) is 4.79 Å². The minimum absolute atomic E-state index is 0.102. The van der Waals surface area contributed by atoms with E-state index >= 15 is 0 Å². The molecule has 0 saturated carbocycles. The molecule has 1 aromatic carbocycles. The molecular formula is C11H10O3. The number of benzene rings is 1. The van der Waals surface area contributed by atoms with E-state index < -0.39 is 5.97 Å². The Bertz CT molecular complexity index is 352. The number of hydrogen-bond donors (Lipinski definition) is 1. The molecule has 1 rings (SSSR count). The lowest BCUT2D eigenvalue weighted by molar-refractivity contribution is -0.130. The van der Waals surface area contributed by atoms with Crippen molar-refractivity contribution in [3.63, 3.8) is 0 Å². The molecule has 1 aromatic rings. The molecule has 3 nitrogen and oxygen atoms in total. The standard InChI is InChI=1S/C11H10O3/c1-2-14-8-10(11(12)13)9-6-4-3-5-7-9/h2-8H,1H2,(H,12,13). The molecule has 0 fully saturated rings. The lowest BCUT2D eigenvalue weighted by Gasteiger charge is -2.00. The Labute approximate surface area is 81.9 Å². The van der Waals surface area contributed by atoms with Crippen LogP contribution in [-0.4, -0.2) is 11.1 Å². The average Bonchev–Trinajstić information content (AvgIpc) is 2.19. The van der Waals surface area contributed by atoms with E-state index in [0.29, 0.717) is 5.56 Å². The molecule has 72 valence electrons. The molecule has 0 aliphatic carbocycles. The van der Waals surface area contributed by atoms with Crippen molar-refractivity contribution < 1.29 is 14.6 Å². The van der Waals surface area contributed by atoms with Crippen molar-refractivity contribution in [2.45, 2.75) is 0 Å². The zero-order chi connectivity index (χ0) is 10.4. The van der Waals surface area contributed by atoms with Crippen molar-refractivity contribution in [1.82, 2.24) is 0 Å². The fourth-order valence-corrected chi connectivity index (χ4v) is 0.976. The maximum atomic E-state index is 10.8. The van der Waals surface area contributed by atoms with Crippen molar-refractivity contribution in [3.8, 4) is 0 Å². The summed E-state index contributed by atoms with van der Waals surface area (Å²) >= 11 is 0. The van der Waals surface area contributed by atoms with Gasteiger partial charge in [0.15, 0.2) is 0 Å². The Hall–Kier alpha value is -2.03. The van der Waals surface area contributed by atoms with Gasteiger partial charge in [-0.2, -0.15) is 0 Å². The fourth-order valence-electron chi connectivity index (χ4n) is 0.976. The van der Waals surface area contributed by atoms with E-state index in [1.807, 2.05) is 6.07 Å². The van der Waals surface area contributed by atoms with E-state index in [0.717, 1.165) is 6.26 Å². The van der Waals surface area contributed by atoms with Gasteiger partial charge in [-0.3, -0.25) is 0 Å². The molecule has 0 unspecified atom stereocenters. The highest BCUT2D eigenvalue weighted by atomic mass is 16.5. The van der Waals surface area contributed by atoms with Crippen LogP contribution in [0.25, 0.3) is 5.57 Å². The van der Waals surface area contributed by atoms with Crippen LogP contribution in [0.15, 0.2) is 49.4 Å². The highest BCUT2D eigenvalue weighted by Crippen LogP contribution is 2.13. The third-order valence-corrected chi connectivity index (χ3v) is 1.60. The zero-order valence-electron chi connectivity index (χ0n) is 7.51. The summed E-state index contributed by atoms with van der Waals surface area (Å²) in [5.74, 6) is -1.03. The minimum atomic E-state index is -1.03. The Kier molecular flexibility index (Phi) is 3.49. The van der Waals surface area contributed by atoms with Gasteiger partial charge in [0.2, 0.25) is 0 Å². The predicted octanol–water partition coefficient (Wildman–Crippen LogP) is 2.27. The second kappa shape index (κ2) is 4.87. The summed E-state index contributed by atoms with van der Waals surface area (Å²) in [6.07, 6.45) is 2.33. The molecule has 0 aliphatic rings. The SMILES string of the molecule is C=COC=C(C(=O)O)c1ccccc1. The van der Waals surface area contributed by atoms with Gasteiger partial charge in [-0.15, -0.1) is 0 Å². The molecular weight excluding hydrogens is 180 g/mol. The maximum absolute atomic E-state index is 10.8. The number of carboxylic acids is 1. The summed E-state index contributed by atoms with van der Waals surface area (Å²) in [6.45, 7) is 3.33. The molecule has 0 bridgehead atoms. The first-order chi connectivity index (χ1) is 6.75. The lowest BCUT2D eigenvalue weighted by Crippen LogP contribution is -1.99. The number of aliphatic carboxylic acids is 1. The molecule has 3 heteroatoms. The van der Waals surface area contributed by atoms with Crippen LogP contribution in [0, 0.1) is 0 Å². The smallest absolute Gasteiger partial charge is 0.339 e.